The Balaban J connectivity index is 2.13. The van der Waals surface area contributed by atoms with Gasteiger partial charge in [-0.05, 0) is 37.0 Å². The Morgan fingerprint density at radius 1 is 1.47 bits per heavy atom. The second-order valence-corrected chi connectivity index (χ2v) is 6.69. The first kappa shape index (κ1) is 14.8. The largest absolute Gasteiger partial charge is 0.389 e. The number of hydrogen-bond acceptors (Lipinski definition) is 2. The van der Waals surface area contributed by atoms with Gasteiger partial charge in [0, 0.05) is 21.8 Å². The molecule has 19 heavy (non-hydrogen) atoms. The zero-order valence-corrected chi connectivity index (χ0v) is 13.7. The molecule has 104 valence electrons. The Hall–Kier alpha value is -0.610. The number of rotatable bonds is 4. The van der Waals surface area contributed by atoms with E-state index in [0.717, 1.165) is 21.6 Å². The number of thiocarbonyl (C=S) groups is 1. The van der Waals surface area contributed by atoms with Crippen molar-refractivity contribution >= 4 is 38.8 Å². The minimum absolute atomic E-state index is 0.456. The average molecular weight is 341 g/mol. The second-order valence-electron chi connectivity index (χ2n) is 5.34. The molecular formula is C15H21BrN2S. The first-order valence-electron chi connectivity index (χ1n) is 6.96. The van der Waals surface area contributed by atoms with E-state index in [4.69, 9.17) is 18.0 Å². The maximum Gasteiger partial charge on any atom is 0.106 e. The van der Waals surface area contributed by atoms with E-state index in [0.29, 0.717) is 11.0 Å². The molecule has 0 amide bonds. The molecule has 0 bridgehead atoms. The summed E-state index contributed by atoms with van der Waals surface area (Å²) >= 11 is 8.64. The molecule has 1 saturated carbocycles. The van der Waals surface area contributed by atoms with E-state index < -0.39 is 0 Å². The SMILES string of the molecule is CCC1CCCC(Nc2cc(Br)ccc2C(N)=S)C1. The summed E-state index contributed by atoms with van der Waals surface area (Å²) in [5.74, 6) is 0.853. The smallest absolute Gasteiger partial charge is 0.106 e. The van der Waals surface area contributed by atoms with Crippen LogP contribution in [0.25, 0.3) is 0 Å². The average Bonchev–Trinajstić information content (AvgIpc) is 2.38. The maximum atomic E-state index is 5.80. The minimum Gasteiger partial charge on any atom is -0.389 e. The lowest BCUT2D eigenvalue weighted by atomic mass is 9.84. The number of anilines is 1. The summed E-state index contributed by atoms with van der Waals surface area (Å²) in [6.45, 7) is 2.28. The summed E-state index contributed by atoms with van der Waals surface area (Å²) in [5.41, 5.74) is 7.80. The van der Waals surface area contributed by atoms with Gasteiger partial charge in [-0.15, -0.1) is 0 Å². The first-order chi connectivity index (χ1) is 9.10. The monoisotopic (exact) mass is 340 g/mol. The van der Waals surface area contributed by atoms with Crippen LogP contribution < -0.4 is 11.1 Å². The van der Waals surface area contributed by atoms with Crippen LogP contribution in [0.3, 0.4) is 0 Å². The van der Waals surface area contributed by atoms with E-state index in [1.165, 1.54) is 32.1 Å². The molecule has 0 aliphatic heterocycles. The molecule has 2 nitrogen and oxygen atoms in total. The highest BCUT2D eigenvalue weighted by Crippen LogP contribution is 2.30. The molecule has 0 aromatic heterocycles. The molecule has 1 aromatic carbocycles. The van der Waals surface area contributed by atoms with Gasteiger partial charge >= 0.3 is 0 Å². The van der Waals surface area contributed by atoms with Gasteiger partial charge in [-0.25, -0.2) is 0 Å². The Morgan fingerprint density at radius 3 is 2.95 bits per heavy atom. The molecule has 2 unspecified atom stereocenters. The lowest BCUT2D eigenvalue weighted by Crippen LogP contribution is -2.28. The van der Waals surface area contributed by atoms with Gasteiger partial charge in [0.25, 0.3) is 0 Å². The van der Waals surface area contributed by atoms with Crippen LogP contribution >= 0.6 is 28.1 Å². The van der Waals surface area contributed by atoms with Crippen molar-refractivity contribution in [1.29, 1.82) is 0 Å². The van der Waals surface area contributed by atoms with Gasteiger partial charge in [0.1, 0.15) is 4.99 Å². The van der Waals surface area contributed by atoms with Gasteiger partial charge in [-0.1, -0.05) is 54.3 Å². The van der Waals surface area contributed by atoms with Crippen LogP contribution in [-0.2, 0) is 0 Å². The molecule has 3 N–H and O–H groups in total. The van der Waals surface area contributed by atoms with E-state index in [9.17, 15) is 0 Å². The zero-order valence-electron chi connectivity index (χ0n) is 11.3. The van der Waals surface area contributed by atoms with Crippen LogP contribution in [0.5, 0.6) is 0 Å². The summed E-state index contributed by atoms with van der Waals surface area (Å²) in [5, 5.41) is 3.64. The number of nitrogens with two attached hydrogens (primary N) is 1. The van der Waals surface area contributed by atoms with Crippen LogP contribution in [0.4, 0.5) is 5.69 Å². The van der Waals surface area contributed by atoms with E-state index in [2.05, 4.69) is 34.2 Å². The number of nitrogens with one attached hydrogen (secondary N) is 1. The number of hydrogen-bond donors (Lipinski definition) is 2. The second kappa shape index (κ2) is 6.71. The van der Waals surface area contributed by atoms with E-state index in [1.54, 1.807) is 0 Å². The van der Waals surface area contributed by atoms with Crippen molar-refractivity contribution in [2.45, 2.75) is 45.1 Å². The van der Waals surface area contributed by atoms with Gasteiger partial charge in [-0.3, -0.25) is 0 Å². The van der Waals surface area contributed by atoms with Crippen molar-refractivity contribution in [3.05, 3.63) is 28.2 Å². The fourth-order valence-electron chi connectivity index (χ4n) is 2.86. The van der Waals surface area contributed by atoms with E-state index in [-0.39, 0.29) is 0 Å². The molecule has 4 heteroatoms. The molecule has 0 radical (unpaired) electrons. The molecule has 1 aliphatic rings. The molecule has 0 spiro atoms. The van der Waals surface area contributed by atoms with Crippen LogP contribution in [0.15, 0.2) is 22.7 Å². The zero-order chi connectivity index (χ0) is 13.8. The highest BCUT2D eigenvalue weighted by molar-refractivity contribution is 9.10. The van der Waals surface area contributed by atoms with Crippen molar-refractivity contribution in [3.8, 4) is 0 Å². The van der Waals surface area contributed by atoms with Crippen LogP contribution in [0.2, 0.25) is 0 Å². The van der Waals surface area contributed by atoms with Crippen molar-refractivity contribution in [2.24, 2.45) is 11.7 Å². The Labute approximate surface area is 129 Å². The predicted octanol–water partition coefficient (Wildman–Crippen LogP) is 4.46. The minimum atomic E-state index is 0.456. The molecule has 2 rings (SSSR count). The highest BCUT2D eigenvalue weighted by Gasteiger charge is 2.21. The Kier molecular flexibility index (Phi) is 5.22. The third-order valence-corrected chi connectivity index (χ3v) is 4.68. The van der Waals surface area contributed by atoms with Crippen molar-refractivity contribution in [1.82, 2.24) is 0 Å². The van der Waals surface area contributed by atoms with Crippen molar-refractivity contribution in [3.63, 3.8) is 0 Å². The molecule has 1 aliphatic carbocycles. The summed E-state index contributed by atoms with van der Waals surface area (Å²) in [7, 11) is 0. The third kappa shape index (κ3) is 3.93. The van der Waals surface area contributed by atoms with Gasteiger partial charge in [-0.2, -0.15) is 0 Å². The standard InChI is InChI=1S/C15H21BrN2S/c1-2-10-4-3-5-12(8-10)18-14-9-11(16)6-7-13(14)15(17)19/h6-7,9-10,12,18H,2-5,8H2,1H3,(H2,17,19). The summed E-state index contributed by atoms with van der Waals surface area (Å²) in [4.78, 5) is 0.456. The van der Waals surface area contributed by atoms with Gasteiger partial charge < -0.3 is 11.1 Å². The summed E-state index contributed by atoms with van der Waals surface area (Å²) in [6, 6.07) is 6.58. The highest BCUT2D eigenvalue weighted by atomic mass is 79.9. The normalized spacial score (nSPS) is 23.1. The molecule has 0 saturated heterocycles. The number of benzene rings is 1. The quantitative estimate of drug-likeness (QED) is 0.794. The number of halogens is 1. The van der Waals surface area contributed by atoms with Gasteiger partial charge in [0.05, 0.1) is 0 Å². The molecular weight excluding hydrogens is 320 g/mol. The van der Waals surface area contributed by atoms with Gasteiger partial charge in [0.15, 0.2) is 0 Å². The molecule has 1 fully saturated rings. The summed E-state index contributed by atoms with van der Waals surface area (Å²) in [6.07, 6.45) is 6.44. The molecule has 0 heterocycles. The van der Waals surface area contributed by atoms with Crippen molar-refractivity contribution in [2.75, 3.05) is 5.32 Å². The molecule has 1 aromatic rings. The lowest BCUT2D eigenvalue weighted by Gasteiger charge is -2.30. The first-order valence-corrected chi connectivity index (χ1v) is 8.16. The predicted molar refractivity (Wildman–Crippen MR) is 89.7 cm³/mol. The fourth-order valence-corrected chi connectivity index (χ4v) is 3.40. The topological polar surface area (TPSA) is 38.0 Å². The summed E-state index contributed by atoms with van der Waals surface area (Å²) < 4.78 is 1.05. The van der Waals surface area contributed by atoms with Crippen LogP contribution in [0.1, 0.15) is 44.6 Å². The van der Waals surface area contributed by atoms with E-state index >= 15 is 0 Å². The Morgan fingerprint density at radius 2 is 2.26 bits per heavy atom. The van der Waals surface area contributed by atoms with Crippen molar-refractivity contribution < 1.29 is 0 Å². The van der Waals surface area contributed by atoms with Crippen LogP contribution in [-0.4, -0.2) is 11.0 Å². The fraction of sp³-hybridized carbons (Fsp3) is 0.533. The molecule has 2 atom stereocenters. The Bertz CT molecular complexity index is 461. The van der Waals surface area contributed by atoms with Crippen LogP contribution in [0, 0.1) is 5.92 Å². The third-order valence-electron chi connectivity index (χ3n) is 3.97. The van der Waals surface area contributed by atoms with E-state index in [1.807, 2.05) is 12.1 Å². The van der Waals surface area contributed by atoms with Gasteiger partial charge in [0.2, 0.25) is 0 Å². The lowest BCUT2D eigenvalue weighted by molar-refractivity contribution is 0.327. The maximum absolute atomic E-state index is 5.80.